The van der Waals surface area contributed by atoms with Crippen LogP contribution in [0.4, 0.5) is 10.5 Å². The molecule has 0 saturated carbocycles. The van der Waals surface area contributed by atoms with E-state index in [9.17, 15) is 9.59 Å². The molecule has 0 saturated heterocycles. The average molecular weight is 380 g/mol. The number of hydrogen-bond donors (Lipinski definition) is 2. The first kappa shape index (κ1) is 18.8. The van der Waals surface area contributed by atoms with Gasteiger partial charge in [-0.3, -0.25) is 14.9 Å². The van der Waals surface area contributed by atoms with Crippen LogP contribution in [-0.2, 0) is 16.1 Å². The van der Waals surface area contributed by atoms with E-state index in [4.69, 9.17) is 23.2 Å². The predicted octanol–water partition coefficient (Wildman–Crippen LogP) is 3.89. The second-order valence-corrected chi connectivity index (χ2v) is 5.70. The van der Waals surface area contributed by atoms with Gasteiger partial charge in [-0.05, 0) is 23.8 Å². The quantitative estimate of drug-likeness (QED) is 0.453. The smallest absolute Gasteiger partial charge is 0.351 e. The first-order valence-corrected chi connectivity index (χ1v) is 8.05. The maximum Gasteiger partial charge on any atom is 0.437 e. The molecule has 0 aliphatic rings. The fourth-order valence-electron chi connectivity index (χ4n) is 1.84. The highest BCUT2D eigenvalue weighted by Gasteiger charge is 2.05. The van der Waals surface area contributed by atoms with Gasteiger partial charge in [-0.15, -0.1) is 0 Å². The molecule has 0 aliphatic heterocycles. The van der Waals surface area contributed by atoms with E-state index in [0.717, 1.165) is 5.56 Å². The highest BCUT2D eigenvalue weighted by atomic mass is 35.5. The minimum atomic E-state index is -0.787. The number of oxime groups is 1. The van der Waals surface area contributed by atoms with Crippen molar-refractivity contribution < 1.29 is 14.4 Å². The molecule has 25 heavy (non-hydrogen) atoms. The predicted molar refractivity (Wildman–Crippen MR) is 98.2 cm³/mol. The number of halogens is 2. The van der Waals surface area contributed by atoms with Crippen molar-refractivity contribution in [2.45, 2.75) is 6.42 Å². The Morgan fingerprint density at radius 1 is 1.08 bits per heavy atom. The number of rotatable bonds is 6. The van der Waals surface area contributed by atoms with Gasteiger partial charge in [0.2, 0.25) is 5.91 Å². The molecule has 2 N–H and O–H groups in total. The zero-order valence-corrected chi connectivity index (χ0v) is 14.6. The zero-order valence-electron chi connectivity index (χ0n) is 13.0. The summed E-state index contributed by atoms with van der Waals surface area (Å²) in [5.41, 5.74) is 1.33. The van der Waals surface area contributed by atoms with Gasteiger partial charge in [0.1, 0.15) is 0 Å². The summed E-state index contributed by atoms with van der Waals surface area (Å²) >= 11 is 11.6. The number of nitrogens with one attached hydrogen (secondary N) is 2. The maximum absolute atomic E-state index is 11.7. The van der Waals surface area contributed by atoms with Crippen LogP contribution in [0.3, 0.4) is 0 Å². The second-order valence-electron chi connectivity index (χ2n) is 4.89. The summed E-state index contributed by atoms with van der Waals surface area (Å²) in [6.45, 7) is 0.145. The molecule has 0 aliphatic carbocycles. The summed E-state index contributed by atoms with van der Waals surface area (Å²) in [5.74, 6) is -0.155. The maximum atomic E-state index is 11.7. The molecule has 6 nitrogen and oxygen atoms in total. The molecule has 130 valence electrons. The summed E-state index contributed by atoms with van der Waals surface area (Å²) in [4.78, 5) is 27.8. The Hall–Kier alpha value is -2.57. The van der Waals surface area contributed by atoms with Crippen LogP contribution < -0.4 is 10.6 Å². The Morgan fingerprint density at radius 3 is 2.56 bits per heavy atom. The van der Waals surface area contributed by atoms with Gasteiger partial charge in [-0.2, -0.15) is 0 Å². The van der Waals surface area contributed by atoms with Crippen molar-refractivity contribution in [3.63, 3.8) is 0 Å². The number of nitrogens with zero attached hydrogens (tertiary/aromatic N) is 1. The van der Waals surface area contributed by atoms with Gasteiger partial charge in [0, 0.05) is 5.69 Å². The summed E-state index contributed by atoms with van der Waals surface area (Å²) in [6, 6.07) is 13.9. The lowest BCUT2D eigenvalue weighted by molar-refractivity contribution is -0.120. The summed E-state index contributed by atoms with van der Waals surface area (Å²) in [6.07, 6.45) is 0.759. The van der Waals surface area contributed by atoms with Crippen molar-refractivity contribution in [3.05, 3.63) is 64.1 Å². The van der Waals surface area contributed by atoms with Crippen LogP contribution in [0, 0.1) is 0 Å². The molecule has 2 amide bonds. The number of carbonyl (C=O) groups is 2. The molecule has 0 unspecified atom stereocenters. The van der Waals surface area contributed by atoms with Crippen molar-refractivity contribution in [1.82, 2.24) is 5.32 Å². The van der Waals surface area contributed by atoms with Crippen LogP contribution in [0.2, 0.25) is 10.0 Å². The highest BCUT2D eigenvalue weighted by molar-refractivity contribution is 6.42. The van der Waals surface area contributed by atoms with Gasteiger partial charge in [-0.25, -0.2) is 4.79 Å². The number of anilines is 1. The number of carbonyl (C=O) groups excluding carboxylic acids is 2. The van der Waals surface area contributed by atoms with E-state index in [-0.39, 0.29) is 18.9 Å². The highest BCUT2D eigenvalue weighted by Crippen LogP contribution is 2.24. The average Bonchev–Trinajstić information content (AvgIpc) is 2.59. The Balaban J connectivity index is 1.67. The fraction of sp³-hybridized carbons (Fsp3) is 0.118. The molecular formula is C17H15Cl2N3O3. The number of amides is 2. The molecule has 8 heteroatoms. The summed E-state index contributed by atoms with van der Waals surface area (Å²) in [7, 11) is 0. The van der Waals surface area contributed by atoms with Gasteiger partial charge in [0.25, 0.3) is 0 Å². The summed E-state index contributed by atoms with van der Waals surface area (Å²) < 4.78 is 0. The monoisotopic (exact) mass is 379 g/mol. The fourth-order valence-corrected chi connectivity index (χ4v) is 2.14. The van der Waals surface area contributed by atoms with Gasteiger partial charge in [-0.1, -0.05) is 58.7 Å². The molecule has 0 atom stereocenters. The van der Waals surface area contributed by atoms with E-state index in [1.807, 2.05) is 30.3 Å². The van der Waals surface area contributed by atoms with Crippen molar-refractivity contribution in [3.8, 4) is 0 Å². The molecule has 0 aromatic heterocycles. The van der Waals surface area contributed by atoms with E-state index < -0.39 is 6.09 Å². The van der Waals surface area contributed by atoms with Gasteiger partial charge < -0.3 is 5.32 Å². The van der Waals surface area contributed by atoms with E-state index in [1.165, 1.54) is 12.3 Å². The van der Waals surface area contributed by atoms with Gasteiger partial charge in [0.05, 0.1) is 29.2 Å². The number of benzene rings is 2. The van der Waals surface area contributed by atoms with Crippen LogP contribution in [0.5, 0.6) is 0 Å². The molecule has 2 aromatic rings. The van der Waals surface area contributed by atoms with Crippen LogP contribution in [0.25, 0.3) is 0 Å². The first-order valence-electron chi connectivity index (χ1n) is 7.30. The summed E-state index contributed by atoms with van der Waals surface area (Å²) in [5, 5.41) is 9.24. The minimum absolute atomic E-state index is 0.145. The van der Waals surface area contributed by atoms with E-state index in [1.54, 1.807) is 12.1 Å². The van der Waals surface area contributed by atoms with Gasteiger partial charge in [0.15, 0.2) is 0 Å². The molecule has 2 rings (SSSR count). The molecule has 0 radical (unpaired) electrons. The Bertz CT molecular complexity index is 767. The SMILES string of the molecule is O=C(Cc1ccccc1)NC/C=N\OC(=O)Nc1ccc(Cl)c(Cl)c1. The third-order valence-corrected chi connectivity index (χ3v) is 3.71. The van der Waals surface area contributed by atoms with Crippen LogP contribution in [-0.4, -0.2) is 24.8 Å². The van der Waals surface area contributed by atoms with E-state index in [0.29, 0.717) is 15.7 Å². The second kappa shape index (κ2) is 9.66. The molecule has 0 fully saturated rings. The zero-order chi connectivity index (χ0) is 18.1. The lowest BCUT2D eigenvalue weighted by Gasteiger charge is -2.04. The largest absolute Gasteiger partial charge is 0.437 e. The lowest BCUT2D eigenvalue weighted by atomic mass is 10.1. The standard InChI is InChI=1S/C17H15Cl2N3O3/c18-14-7-6-13(11-15(14)19)22-17(24)25-21-9-8-20-16(23)10-12-4-2-1-3-5-12/h1-7,9,11H,8,10H2,(H,20,23)(H,22,24)/b21-9-. The Kier molecular flexibility index (Phi) is 7.25. The third kappa shape index (κ3) is 6.82. The molecule has 0 bridgehead atoms. The lowest BCUT2D eigenvalue weighted by Crippen LogP contribution is -2.26. The van der Waals surface area contributed by atoms with Crippen molar-refractivity contribution in [2.75, 3.05) is 11.9 Å². The third-order valence-electron chi connectivity index (χ3n) is 2.97. The molecular weight excluding hydrogens is 365 g/mol. The molecule has 2 aromatic carbocycles. The van der Waals surface area contributed by atoms with Crippen molar-refractivity contribution in [1.29, 1.82) is 0 Å². The Labute approximate surface area is 154 Å². The van der Waals surface area contributed by atoms with Gasteiger partial charge >= 0.3 is 6.09 Å². The van der Waals surface area contributed by atoms with Crippen LogP contribution in [0.1, 0.15) is 5.56 Å². The number of hydrogen-bond acceptors (Lipinski definition) is 4. The first-order chi connectivity index (χ1) is 12.0. The van der Waals surface area contributed by atoms with Crippen molar-refractivity contribution >= 4 is 47.1 Å². The van der Waals surface area contributed by atoms with Crippen LogP contribution in [0.15, 0.2) is 53.7 Å². The Morgan fingerprint density at radius 2 is 1.84 bits per heavy atom. The van der Waals surface area contributed by atoms with E-state index in [2.05, 4.69) is 20.6 Å². The van der Waals surface area contributed by atoms with Crippen molar-refractivity contribution in [2.24, 2.45) is 5.16 Å². The molecule has 0 heterocycles. The molecule has 0 spiro atoms. The topological polar surface area (TPSA) is 79.8 Å². The normalized spacial score (nSPS) is 10.5. The van der Waals surface area contributed by atoms with Crippen LogP contribution >= 0.6 is 23.2 Å². The minimum Gasteiger partial charge on any atom is -0.351 e. The van der Waals surface area contributed by atoms with E-state index >= 15 is 0 Å².